The summed E-state index contributed by atoms with van der Waals surface area (Å²) in [6, 6.07) is 3.50. The quantitative estimate of drug-likeness (QED) is 0.871. The fourth-order valence-corrected chi connectivity index (χ4v) is 2.74. The molecular weight excluding hydrogens is 262 g/mol. The highest BCUT2D eigenvalue weighted by Crippen LogP contribution is 2.30. The van der Waals surface area contributed by atoms with E-state index < -0.39 is 5.97 Å². The van der Waals surface area contributed by atoms with E-state index in [1.807, 2.05) is 4.90 Å². The highest BCUT2D eigenvalue weighted by Gasteiger charge is 2.33. The average molecular weight is 281 g/mol. The maximum atomic E-state index is 12.4. The molecule has 1 aliphatic rings. The molecule has 0 aliphatic heterocycles. The molecule has 4 nitrogen and oxygen atoms in total. The molecular formula is C14H19NO3S. The molecule has 19 heavy (non-hydrogen) atoms. The van der Waals surface area contributed by atoms with E-state index in [-0.39, 0.29) is 10.8 Å². The lowest BCUT2D eigenvalue weighted by molar-refractivity contribution is 0.0700. The van der Waals surface area contributed by atoms with Crippen LogP contribution in [0.5, 0.6) is 0 Å². The summed E-state index contributed by atoms with van der Waals surface area (Å²) in [7, 11) is 0. The Bertz CT molecular complexity index is 477. The number of carbonyl (C=O) groups excluding carboxylic acids is 1. The van der Waals surface area contributed by atoms with Crippen LogP contribution in [0.25, 0.3) is 0 Å². The van der Waals surface area contributed by atoms with Gasteiger partial charge in [-0.25, -0.2) is 4.79 Å². The smallest absolute Gasteiger partial charge is 0.345 e. The Hall–Kier alpha value is -1.36. The molecule has 2 rings (SSSR count). The molecule has 1 heterocycles. The largest absolute Gasteiger partial charge is 0.477 e. The second kappa shape index (κ2) is 5.74. The molecule has 1 N–H and O–H groups in total. The van der Waals surface area contributed by atoms with Gasteiger partial charge in [-0.2, -0.15) is 0 Å². The van der Waals surface area contributed by atoms with Gasteiger partial charge >= 0.3 is 5.97 Å². The maximum absolute atomic E-state index is 12.4. The highest BCUT2D eigenvalue weighted by atomic mass is 32.1. The lowest BCUT2D eigenvalue weighted by atomic mass is 10.1. The van der Waals surface area contributed by atoms with Crippen molar-refractivity contribution < 1.29 is 14.7 Å². The number of hydrogen-bond donors (Lipinski definition) is 1. The topological polar surface area (TPSA) is 57.6 Å². The first kappa shape index (κ1) is 14.1. The van der Waals surface area contributed by atoms with Gasteiger partial charge in [0.1, 0.15) is 4.88 Å². The van der Waals surface area contributed by atoms with Crippen molar-refractivity contribution in [2.75, 3.05) is 6.54 Å². The predicted molar refractivity (Wildman–Crippen MR) is 74.8 cm³/mol. The van der Waals surface area contributed by atoms with Gasteiger partial charge in [0, 0.05) is 12.6 Å². The van der Waals surface area contributed by atoms with E-state index in [9.17, 15) is 9.59 Å². The summed E-state index contributed by atoms with van der Waals surface area (Å²) in [6.07, 6.45) is 3.13. The number of aromatic carboxylic acids is 1. The van der Waals surface area contributed by atoms with Gasteiger partial charge < -0.3 is 10.0 Å². The third-order valence-corrected chi connectivity index (χ3v) is 4.28. The second-order valence-electron chi connectivity index (χ2n) is 5.38. The zero-order valence-electron chi connectivity index (χ0n) is 11.3. The number of nitrogens with zero attached hydrogens (tertiary/aromatic N) is 1. The molecule has 0 saturated heterocycles. The molecule has 1 amide bonds. The fraction of sp³-hybridized carbons (Fsp3) is 0.571. The van der Waals surface area contributed by atoms with Crippen LogP contribution in [-0.2, 0) is 0 Å². The first-order valence-electron chi connectivity index (χ1n) is 6.63. The van der Waals surface area contributed by atoms with Crippen LogP contribution < -0.4 is 0 Å². The summed E-state index contributed by atoms with van der Waals surface area (Å²) in [5, 5.41) is 8.90. The molecule has 1 aromatic rings. The number of hydrogen-bond acceptors (Lipinski definition) is 3. The lowest BCUT2D eigenvalue weighted by Gasteiger charge is -2.22. The average Bonchev–Trinajstić information content (AvgIpc) is 3.05. The van der Waals surface area contributed by atoms with Crippen molar-refractivity contribution in [3.05, 3.63) is 21.9 Å². The standard InChI is InChI=1S/C14H19NO3S/c1-9(2)7-8-15(10-3-4-10)13(16)11-5-6-12(19-11)14(17)18/h5-6,9-10H,3-4,7-8H2,1-2H3,(H,17,18). The minimum Gasteiger partial charge on any atom is -0.477 e. The maximum Gasteiger partial charge on any atom is 0.345 e. The van der Waals surface area contributed by atoms with Crippen molar-refractivity contribution in [2.45, 2.75) is 39.2 Å². The molecule has 5 heteroatoms. The third kappa shape index (κ3) is 3.56. The van der Waals surface area contributed by atoms with Crippen LogP contribution in [0.15, 0.2) is 12.1 Å². The Balaban J connectivity index is 2.07. The molecule has 104 valence electrons. The minimum atomic E-state index is -0.968. The van der Waals surface area contributed by atoms with Crippen molar-refractivity contribution in [3.63, 3.8) is 0 Å². The number of amides is 1. The zero-order valence-corrected chi connectivity index (χ0v) is 12.1. The van der Waals surface area contributed by atoms with Gasteiger partial charge in [-0.1, -0.05) is 13.8 Å². The van der Waals surface area contributed by atoms with Gasteiger partial charge in [0.2, 0.25) is 0 Å². The molecule has 0 atom stereocenters. The molecule has 1 aromatic heterocycles. The summed E-state index contributed by atoms with van der Waals surface area (Å²) >= 11 is 1.07. The van der Waals surface area contributed by atoms with E-state index in [2.05, 4.69) is 13.8 Å². The number of carboxylic acids is 1. The van der Waals surface area contributed by atoms with E-state index in [1.54, 1.807) is 6.07 Å². The van der Waals surface area contributed by atoms with Gasteiger partial charge in [-0.15, -0.1) is 11.3 Å². The van der Waals surface area contributed by atoms with Crippen LogP contribution in [0.1, 0.15) is 52.5 Å². The molecule has 1 fully saturated rings. The first-order valence-corrected chi connectivity index (χ1v) is 7.44. The normalized spacial score (nSPS) is 14.7. The molecule has 0 spiro atoms. The van der Waals surface area contributed by atoms with Crippen molar-refractivity contribution >= 4 is 23.2 Å². The fourth-order valence-electron chi connectivity index (χ4n) is 1.94. The lowest BCUT2D eigenvalue weighted by Crippen LogP contribution is -2.34. The zero-order chi connectivity index (χ0) is 14.0. The van der Waals surface area contributed by atoms with Gasteiger partial charge in [-0.05, 0) is 37.3 Å². The van der Waals surface area contributed by atoms with Gasteiger partial charge in [-0.3, -0.25) is 4.79 Å². The summed E-state index contributed by atoms with van der Waals surface area (Å²) in [5.74, 6) is -0.420. The monoisotopic (exact) mass is 281 g/mol. The van der Waals surface area contributed by atoms with Crippen molar-refractivity contribution in [1.82, 2.24) is 4.90 Å². The first-order chi connectivity index (χ1) is 8.99. The van der Waals surface area contributed by atoms with Gasteiger partial charge in [0.15, 0.2) is 0 Å². The van der Waals surface area contributed by atoms with Crippen LogP contribution in [0, 0.1) is 5.92 Å². The van der Waals surface area contributed by atoms with Crippen molar-refractivity contribution in [2.24, 2.45) is 5.92 Å². The minimum absolute atomic E-state index is 0.0133. The summed E-state index contributed by atoms with van der Waals surface area (Å²) in [4.78, 5) is 25.9. The Kier molecular flexibility index (Phi) is 4.24. The summed E-state index contributed by atoms with van der Waals surface area (Å²) < 4.78 is 0. The van der Waals surface area contributed by atoms with Crippen molar-refractivity contribution in [1.29, 1.82) is 0 Å². The molecule has 0 aromatic carbocycles. The van der Waals surface area contributed by atoms with Crippen LogP contribution in [-0.4, -0.2) is 34.5 Å². The van der Waals surface area contributed by atoms with Gasteiger partial charge in [0.25, 0.3) is 5.91 Å². The Morgan fingerprint density at radius 1 is 1.37 bits per heavy atom. The number of carboxylic acid groups (broad SMARTS) is 1. The molecule has 0 radical (unpaired) electrons. The van der Waals surface area contributed by atoms with Crippen LogP contribution in [0.4, 0.5) is 0 Å². The molecule has 0 unspecified atom stereocenters. The summed E-state index contributed by atoms with van der Waals surface area (Å²) in [6.45, 7) is 5.05. The van der Waals surface area contributed by atoms with E-state index >= 15 is 0 Å². The van der Waals surface area contributed by atoms with E-state index in [0.29, 0.717) is 16.8 Å². The van der Waals surface area contributed by atoms with Crippen LogP contribution in [0.3, 0.4) is 0 Å². The molecule has 1 aliphatic carbocycles. The number of thiophene rings is 1. The number of carbonyl (C=O) groups is 2. The second-order valence-corrected chi connectivity index (χ2v) is 6.47. The SMILES string of the molecule is CC(C)CCN(C(=O)c1ccc(C(=O)O)s1)C1CC1. The Labute approximate surface area is 117 Å². The molecule has 1 saturated carbocycles. The third-order valence-electron chi connectivity index (χ3n) is 3.22. The highest BCUT2D eigenvalue weighted by molar-refractivity contribution is 7.15. The summed E-state index contributed by atoms with van der Waals surface area (Å²) in [5.41, 5.74) is 0. The van der Waals surface area contributed by atoms with Crippen molar-refractivity contribution in [3.8, 4) is 0 Å². The van der Waals surface area contributed by atoms with E-state index in [0.717, 1.165) is 37.1 Å². The Morgan fingerprint density at radius 2 is 2.00 bits per heavy atom. The van der Waals surface area contributed by atoms with E-state index in [1.165, 1.54) is 6.07 Å². The van der Waals surface area contributed by atoms with Crippen LogP contribution >= 0.6 is 11.3 Å². The van der Waals surface area contributed by atoms with Crippen LogP contribution in [0.2, 0.25) is 0 Å². The molecule has 0 bridgehead atoms. The predicted octanol–water partition coefficient (Wildman–Crippen LogP) is 3.10. The van der Waals surface area contributed by atoms with E-state index in [4.69, 9.17) is 5.11 Å². The van der Waals surface area contributed by atoms with Gasteiger partial charge in [0.05, 0.1) is 4.88 Å². The number of rotatable bonds is 6. The Morgan fingerprint density at radius 3 is 2.47 bits per heavy atom.